The number of rotatable bonds is 6. The number of pyridine rings is 1. The van der Waals surface area contributed by atoms with Crippen LogP contribution >= 0.6 is 0 Å². The molecule has 0 amide bonds. The minimum absolute atomic E-state index is 0.108. The third kappa shape index (κ3) is 3.93. The van der Waals surface area contributed by atoms with Gasteiger partial charge >= 0.3 is 0 Å². The predicted octanol–water partition coefficient (Wildman–Crippen LogP) is 3.70. The highest BCUT2D eigenvalue weighted by molar-refractivity contribution is 7.90. The second-order valence-corrected chi connectivity index (χ2v) is 8.86. The number of methoxy groups -OCH3 is 1. The number of ether oxygens (including phenoxy) is 1. The number of nitrogens with zero attached hydrogens (tertiary/aromatic N) is 3. The van der Waals surface area contributed by atoms with E-state index in [1.165, 1.54) is 31.6 Å². The highest BCUT2D eigenvalue weighted by Crippen LogP contribution is 2.30. The molecule has 0 fully saturated rings. The molecule has 2 aromatic carbocycles. The maximum Gasteiger partial charge on any atom is 0.175 e. The van der Waals surface area contributed by atoms with Crippen LogP contribution in [-0.2, 0) is 16.4 Å². The normalized spacial score (nSPS) is 11.6. The molecule has 0 aliphatic rings. The summed E-state index contributed by atoms with van der Waals surface area (Å²) >= 11 is 0. The summed E-state index contributed by atoms with van der Waals surface area (Å²) in [4.78, 5) is -0.108. The van der Waals surface area contributed by atoms with E-state index >= 15 is 0 Å². The summed E-state index contributed by atoms with van der Waals surface area (Å²) in [5, 5.41) is 11.1. The molecule has 0 saturated heterocycles. The van der Waals surface area contributed by atoms with E-state index in [9.17, 15) is 17.2 Å². The number of fused-ring (bicyclic) bond motifs is 1. The summed E-state index contributed by atoms with van der Waals surface area (Å²) in [6.07, 6.45) is 2.46. The van der Waals surface area contributed by atoms with Crippen LogP contribution in [0.2, 0.25) is 0 Å². The van der Waals surface area contributed by atoms with Gasteiger partial charge in [0.15, 0.2) is 15.5 Å². The molecule has 160 valence electrons. The van der Waals surface area contributed by atoms with E-state index in [-0.39, 0.29) is 17.0 Å². The van der Waals surface area contributed by atoms with E-state index in [1.54, 1.807) is 28.7 Å². The SMILES string of the molecule is COc1cccc(F)c1CNc1ccc(-c2ccc(S(C)(=O)=O)cc2F)c2nncn12. The zero-order valence-electron chi connectivity index (χ0n) is 16.6. The Morgan fingerprint density at radius 3 is 2.55 bits per heavy atom. The van der Waals surface area contributed by atoms with Gasteiger partial charge in [-0.05, 0) is 36.4 Å². The van der Waals surface area contributed by atoms with Gasteiger partial charge in [0.25, 0.3) is 0 Å². The lowest BCUT2D eigenvalue weighted by Gasteiger charge is -2.14. The van der Waals surface area contributed by atoms with Crippen molar-refractivity contribution in [3.63, 3.8) is 0 Å². The van der Waals surface area contributed by atoms with Crippen LogP contribution in [0.5, 0.6) is 5.75 Å². The fraction of sp³-hybridized carbons (Fsp3) is 0.143. The van der Waals surface area contributed by atoms with Gasteiger partial charge in [-0.1, -0.05) is 12.1 Å². The van der Waals surface area contributed by atoms with Crippen molar-refractivity contribution in [1.29, 1.82) is 0 Å². The van der Waals surface area contributed by atoms with Crippen molar-refractivity contribution in [2.24, 2.45) is 0 Å². The van der Waals surface area contributed by atoms with Crippen LogP contribution < -0.4 is 10.1 Å². The molecule has 0 atom stereocenters. The molecule has 0 saturated carbocycles. The van der Waals surface area contributed by atoms with Gasteiger partial charge in [0.05, 0.1) is 12.0 Å². The molecule has 10 heteroatoms. The van der Waals surface area contributed by atoms with Crippen LogP contribution in [0.1, 0.15) is 5.56 Å². The molecule has 7 nitrogen and oxygen atoms in total. The summed E-state index contributed by atoms with van der Waals surface area (Å²) in [6, 6.07) is 11.6. The first-order valence-corrected chi connectivity index (χ1v) is 11.1. The Morgan fingerprint density at radius 1 is 1.06 bits per heavy atom. The van der Waals surface area contributed by atoms with E-state index in [0.29, 0.717) is 28.3 Å². The standard InChI is InChI=1S/C21H18F2N4O3S/c1-30-19-5-3-4-17(22)16(19)11-24-20-9-8-15(21-26-25-12-27(20)21)14-7-6-13(10-18(14)23)31(2,28)29/h3-10,12,24H,11H2,1-2H3. The molecule has 2 heterocycles. The summed E-state index contributed by atoms with van der Waals surface area (Å²) in [5.41, 5.74) is 1.34. The number of hydrogen-bond donors (Lipinski definition) is 1. The van der Waals surface area contributed by atoms with Gasteiger partial charge in [-0.15, -0.1) is 10.2 Å². The predicted molar refractivity (Wildman–Crippen MR) is 112 cm³/mol. The molecule has 4 rings (SSSR count). The quantitative estimate of drug-likeness (QED) is 0.488. The van der Waals surface area contributed by atoms with Crippen LogP contribution in [0.3, 0.4) is 0 Å². The van der Waals surface area contributed by atoms with Crippen LogP contribution in [0, 0.1) is 11.6 Å². The molecular weight excluding hydrogens is 426 g/mol. The molecule has 0 unspecified atom stereocenters. The van der Waals surface area contributed by atoms with E-state index in [4.69, 9.17) is 4.74 Å². The largest absolute Gasteiger partial charge is 0.496 e. The van der Waals surface area contributed by atoms with Crippen molar-refractivity contribution in [3.8, 4) is 16.9 Å². The average Bonchev–Trinajstić information content (AvgIpc) is 3.22. The average molecular weight is 444 g/mol. The number of halogens is 2. The topological polar surface area (TPSA) is 85.6 Å². The molecule has 0 spiro atoms. The van der Waals surface area contributed by atoms with E-state index in [2.05, 4.69) is 15.5 Å². The van der Waals surface area contributed by atoms with Crippen molar-refractivity contribution in [2.75, 3.05) is 18.7 Å². The Bertz CT molecular complexity index is 1390. The Balaban J connectivity index is 1.71. The van der Waals surface area contributed by atoms with Crippen LogP contribution in [0.25, 0.3) is 16.8 Å². The van der Waals surface area contributed by atoms with Crippen molar-refractivity contribution in [2.45, 2.75) is 11.4 Å². The summed E-state index contributed by atoms with van der Waals surface area (Å²) in [5.74, 6) is -0.125. The maximum absolute atomic E-state index is 14.7. The van der Waals surface area contributed by atoms with Gasteiger partial charge in [0.1, 0.15) is 29.5 Å². The lowest BCUT2D eigenvalue weighted by molar-refractivity contribution is 0.405. The number of hydrogen-bond acceptors (Lipinski definition) is 6. The first-order valence-electron chi connectivity index (χ1n) is 9.17. The Labute approximate surface area is 177 Å². The van der Waals surface area contributed by atoms with Gasteiger partial charge in [0.2, 0.25) is 0 Å². The summed E-state index contributed by atoms with van der Waals surface area (Å²) in [7, 11) is -2.06. The Kier molecular flexibility index (Phi) is 5.32. The lowest BCUT2D eigenvalue weighted by Crippen LogP contribution is -2.07. The van der Waals surface area contributed by atoms with Gasteiger partial charge in [-0.3, -0.25) is 4.40 Å². The zero-order chi connectivity index (χ0) is 22.2. The Morgan fingerprint density at radius 2 is 1.84 bits per heavy atom. The van der Waals surface area contributed by atoms with Crippen molar-refractivity contribution in [1.82, 2.24) is 14.6 Å². The number of sulfone groups is 1. The minimum atomic E-state index is -3.53. The fourth-order valence-electron chi connectivity index (χ4n) is 3.29. The van der Waals surface area contributed by atoms with Gasteiger partial charge in [0, 0.05) is 29.5 Å². The van der Waals surface area contributed by atoms with Crippen LogP contribution in [0.15, 0.2) is 59.8 Å². The van der Waals surface area contributed by atoms with Crippen molar-refractivity contribution >= 4 is 21.3 Å². The molecule has 0 radical (unpaired) electrons. The number of nitrogens with one attached hydrogen (secondary N) is 1. The molecule has 2 aromatic heterocycles. The van der Waals surface area contributed by atoms with E-state index in [1.807, 2.05) is 0 Å². The molecule has 0 bridgehead atoms. The smallest absolute Gasteiger partial charge is 0.175 e. The Hall–Kier alpha value is -3.53. The first-order chi connectivity index (χ1) is 14.8. The summed E-state index contributed by atoms with van der Waals surface area (Å²) < 4.78 is 59.1. The first kappa shape index (κ1) is 20.7. The molecule has 4 aromatic rings. The summed E-state index contributed by atoms with van der Waals surface area (Å²) in [6.45, 7) is 0.139. The van der Waals surface area contributed by atoms with Crippen LogP contribution in [-0.4, -0.2) is 36.4 Å². The maximum atomic E-state index is 14.7. The second-order valence-electron chi connectivity index (χ2n) is 6.84. The van der Waals surface area contributed by atoms with Crippen molar-refractivity contribution in [3.05, 3.63) is 72.1 Å². The second kappa shape index (κ2) is 7.95. The molecule has 0 aliphatic carbocycles. The molecule has 1 N–H and O–H groups in total. The van der Waals surface area contributed by atoms with Gasteiger partial charge < -0.3 is 10.1 Å². The lowest BCUT2D eigenvalue weighted by atomic mass is 10.1. The van der Waals surface area contributed by atoms with Gasteiger partial charge in [-0.2, -0.15) is 0 Å². The third-order valence-corrected chi connectivity index (χ3v) is 5.97. The minimum Gasteiger partial charge on any atom is -0.496 e. The van der Waals surface area contributed by atoms with Gasteiger partial charge in [-0.25, -0.2) is 17.2 Å². The molecule has 0 aliphatic heterocycles. The zero-order valence-corrected chi connectivity index (χ0v) is 17.5. The number of aromatic nitrogens is 3. The third-order valence-electron chi connectivity index (χ3n) is 4.86. The number of benzene rings is 2. The van der Waals surface area contributed by atoms with Crippen molar-refractivity contribution < 1.29 is 21.9 Å². The van der Waals surface area contributed by atoms with E-state index < -0.39 is 21.5 Å². The molecule has 31 heavy (non-hydrogen) atoms. The highest BCUT2D eigenvalue weighted by atomic mass is 32.2. The fourth-order valence-corrected chi connectivity index (χ4v) is 3.92. The molecular formula is C21H18F2N4O3S. The monoisotopic (exact) mass is 444 g/mol. The number of anilines is 1. The highest BCUT2D eigenvalue weighted by Gasteiger charge is 2.17. The van der Waals surface area contributed by atoms with Crippen LogP contribution in [0.4, 0.5) is 14.6 Å². The van der Waals surface area contributed by atoms with E-state index in [0.717, 1.165) is 12.3 Å².